The molecule has 3 heterocycles. The Morgan fingerprint density at radius 3 is 2.53 bits per heavy atom. The van der Waals surface area contributed by atoms with E-state index in [0.717, 1.165) is 63.8 Å². The lowest BCUT2D eigenvalue weighted by Gasteiger charge is -2.19. The Morgan fingerprint density at radius 2 is 1.73 bits per heavy atom. The molecule has 0 saturated carbocycles. The molecule has 1 aliphatic heterocycles. The van der Waals surface area contributed by atoms with Crippen molar-refractivity contribution >= 4 is 39.2 Å². The van der Waals surface area contributed by atoms with Gasteiger partial charge in [-0.25, -0.2) is 4.79 Å². The van der Waals surface area contributed by atoms with Gasteiger partial charge in [0.25, 0.3) is 0 Å². The topological polar surface area (TPSA) is 69.2 Å². The van der Waals surface area contributed by atoms with Crippen molar-refractivity contribution in [2.45, 2.75) is 12.8 Å². The molecule has 6 heteroatoms. The van der Waals surface area contributed by atoms with Crippen LogP contribution >= 0.6 is 0 Å². The van der Waals surface area contributed by atoms with E-state index in [9.17, 15) is 4.79 Å². The van der Waals surface area contributed by atoms with Gasteiger partial charge in [-0.05, 0) is 45.6 Å². The molecule has 2 amide bonds. The van der Waals surface area contributed by atoms with Crippen molar-refractivity contribution in [2.75, 3.05) is 25.5 Å². The maximum Gasteiger partial charge on any atom is 0.352 e. The molecule has 2 N–H and O–H groups in total. The molecule has 5 rings (SSSR count). The van der Waals surface area contributed by atoms with Gasteiger partial charge < -0.3 is 14.9 Å². The van der Waals surface area contributed by atoms with Crippen molar-refractivity contribution < 1.29 is 4.79 Å². The van der Waals surface area contributed by atoms with E-state index in [-0.39, 0.29) is 6.03 Å². The minimum Gasteiger partial charge on any atom is -0.359 e. The van der Waals surface area contributed by atoms with Crippen LogP contribution in [0.25, 0.3) is 27.5 Å². The van der Waals surface area contributed by atoms with Crippen LogP contribution in [0.2, 0.25) is 0 Å². The first kappa shape index (κ1) is 18.5. The molecule has 0 fully saturated rings. The van der Waals surface area contributed by atoms with Crippen LogP contribution < -0.4 is 10.2 Å². The predicted molar refractivity (Wildman–Crippen MR) is 121 cm³/mol. The summed E-state index contributed by atoms with van der Waals surface area (Å²) in [6.45, 7) is 1.00. The summed E-state index contributed by atoms with van der Waals surface area (Å²) in [7, 11) is 4.17. The molecule has 2 aromatic heterocycles. The van der Waals surface area contributed by atoms with Gasteiger partial charge in [0.1, 0.15) is 0 Å². The summed E-state index contributed by atoms with van der Waals surface area (Å²) >= 11 is 0. The number of urea groups is 1. The number of aromatic nitrogens is 2. The van der Waals surface area contributed by atoms with E-state index < -0.39 is 0 Å². The lowest BCUT2D eigenvalue weighted by Crippen LogP contribution is -2.26. The van der Waals surface area contributed by atoms with Crippen molar-refractivity contribution in [3.63, 3.8) is 0 Å². The molecule has 0 bridgehead atoms. The lowest BCUT2D eigenvalue weighted by molar-refractivity contribution is 0.252. The number of hydrogen-bond donors (Lipinski definition) is 2. The molecule has 0 atom stereocenters. The number of fused-ring (bicyclic) bond motifs is 2. The zero-order valence-corrected chi connectivity index (χ0v) is 17.1. The van der Waals surface area contributed by atoms with Gasteiger partial charge in [-0.15, -0.1) is 0 Å². The second-order valence-electron chi connectivity index (χ2n) is 7.91. The zero-order valence-electron chi connectivity index (χ0n) is 17.1. The molecule has 0 aliphatic carbocycles. The Kier molecular flexibility index (Phi) is 4.56. The Hall–Kier alpha value is -3.51. The quantitative estimate of drug-likeness (QED) is 0.495. The van der Waals surface area contributed by atoms with E-state index in [2.05, 4.69) is 46.4 Å². The fourth-order valence-corrected chi connectivity index (χ4v) is 4.24. The third kappa shape index (κ3) is 3.06. The second kappa shape index (κ2) is 7.39. The highest BCUT2D eigenvalue weighted by atomic mass is 16.2. The Balaban J connectivity index is 1.62. The summed E-state index contributed by atoms with van der Waals surface area (Å²) in [6.07, 6.45) is 5.51. The Labute approximate surface area is 175 Å². The number of nitrogens with zero attached hydrogens (tertiary/aromatic N) is 3. The molecular weight excluding hydrogens is 374 g/mol. The molecule has 2 aromatic carbocycles. The number of hydrogen-bond acceptors (Lipinski definition) is 2. The number of nitrogens with one attached hydrogen (secondary N) is 2. The number of H-pyrrole nitrogens is 2. The van der Waals surface area contributed by atoms with Crippen LogP contribution in [0.3, 0.4) is 0 Å². The highest BCUT2D eigenvalue weighted by molar-refractivity contribution is 6.16. The van der Waals surface area contributed by atoms with Gasteiger partial charge in [0.2, 0.25) is 0 Å². The molecule has 4 aromatic rings. The number of carbonyl (C=O) groups is 1. The molecule has 30 heavy (non-hydrogen) atoms. The number of aryl methyl sites for hydroxylation is 1. The predicted octanol–water partition coefficient (Wildman–Crippen LogP) is 4.69. The van der Waals surface area contributed by atoms with Gasteiger partial charge in [-0.3, -0.25) is 4.90 Å². The summed E-state index contributed by atoms with van der Waals surface area (Å²) < 4.78 is 0. The van der Waals surface area contributed by atoms with Gasteiger partial charge in [-0.2, -0.15) is 5.32 Å². The van der Waals surface area contributed by atoms with E-state index in [1.807, 2.05) is 42.6 Å². The molecule has 0 saturated heterocycles. The van der Waals surface area contributed by atoms with Gasteiger partial charge in [0.15, 0.2) is 0 Å². The summed E-state index contributed by atoms with van der Waals surface area (Å²) in [4.78, 5) is 23.6. The summed E-state index contributed by atoms with van der Waals surface area (Å²) in [6, 6.07) is 16.0. The van der Waals surface area contributed by atoms with Crippen molar-refractivity contribution in [1.29, 1.82) is 0 Å². The number of rotatable bonds is 6. The van der Waals surface area contributed by atoms with Gasteiger partial charge in [0, 0.05) is 39.3 Å². The number of carbonyl (C=O) groups excluding carboxylic acids is 1. The lowest BCUT2D eigenvalue weighted by atomic mass is 10.0. The number of anilines is 1. The normalized spacial score (nSPS) is 14.2. The fraction of sp³-hybridized carbons (Fsp3) is 0.208. The fourth-order valence-electron chi connectivity index (χ4n) is 4.24. The highest BCUT2D eigenvalue weighted by Gasteiger charge is 2.32. The van der Waals surface area contributed by atoms with E-state index in [1.54, 1.807) is 11.1 Å². The first-order valence-electron chi connectivity index (χ1n) is 10.2. The molecule has 1 radical (unpaired) electrons. The van der Waals surface area contributed by atoms with Gasteiger partial charge >= 0.3 is 6.03 Å². The highest BCUT2D eigenvalue weighted by Crippen LogP contribution is 2.39. The number of aromatic amines is 2. The summed E-state index contributed by atoms with van der Waals surface area (Å²) in [5, 5.41) is 6.28. The van der Waals surface area contributed by atoms with Crippen LogP contribution in [0.1, 0.15) is 17.7 Å². The maximum absolute atomic E-state index is 12.8. The molecule has 151 valence electrons. The number of amides is 2. The first-order valence-corrected chi connectivity index (χ1v) is 10.2. The van der Waals surface area contributed by atoms with Crippen molar-refractivity contribution in [3.8, 4) is 0 Å². The third-order valence-electron chi connectivity index (χ3n) is 5.61. The van der Waals surface area contributed by atoms with Crippen molar-refractivity contribution in [3.05, 3.63) is 72.2 Å². The van der Waals surface area contributed by atoms with Gasteiger partial charge in [0.05, 0.1) is 17.6 Å². The van der Waals surface area contributed by atoms with Crippen LogP contribution in [0.15, 0.2) is 60.9 Å². The SMILES string of the molecule is CN(C)CCCc1[nH]c2ccccc2c1C1=C[N]C(=O)N1c1c[nH]c2ccccc12. The van der Waals surface area contributed by atoms with E-state index in [4.69, 9.17) is 0 Å². The van der Waals surface area contributed by atoms with E-state index in [0.29, 0.717) is 0 Å². The van der Waals surface area contributed by atoms with E-state index >= 15 is 0 Å². The van der Waals surface area contributed by atoms with Gasteiger partial charge in [-0.1, -0.05) is 36.4 Å². The monoisotopic (exact) mass is 398 g/mol. The van der Waals surface area contributed by atoms with Crippen LogP contribution in [-0.4, -0.2) is 41.5 Å². The standard InChI is InChI=1S/C24H24N5O/c1-28(2)13-7-12-20-23(17-9-4-6-11-19(17)27-20)22-15-26-24(30)29(22)21-14-25-18-10-5-3-8-16(18)21/h3-6,8-11,14-15,25,27H,7,12-13H2,1-2H3. The maximum atomic E-state index is 12.8. The van der Waals surface area contributed by atoms with Crippen molar-refractivity contribution in [1.82, 2.24) is 20.2 Å². The average Bonchev–Trinajstić information content (AvgIpc) is 3.42. The largest absolute Gasteiger partial charge is 0.359 e. The first-order chi connectivity index (χ1) is 14.6. The zero-order chi connectivity index (χ0) is 20.7. The molecule has 6 nitrogen and oxygen atoms in total. The minimum atomic E-state index is -0.265. The van der Waals surface area contributed by atoms with E-state index in [1.165, 1.54) is 0 Å². The second-order valence-corrected chi connectivity index (χ2v) is 7.91. The van der Waals surface area contributed by atoms with Crippen LogP contribution in [-0.2, 0) is 6.42 Å². The summed E-state index contributed by atoms with van der Waals surface area (Å²) in [5.74, 6) is 0. The molecule has 1 aliphatic rings. The molecular formula is C24H24N5O. The minimum absolute atomic E-state index is 0.265. The number of benzene rings is 2. The number of para-hydroxylation sites is 2. The van der Waals surface area contributed by atoms with Crippen LogP contribution in [0.5, 0.6) is 0 Å². The Morgan fingerprint density at radius 1 is 1.00 bits per heavy atom. The molecule has 0 spiro atoms. The van der Waals surface area contributed by atoms with Crippen molar-refractivity contribution in [2.24, 2.45) is 0 Å². The Bertz CT molecular complexity index is 1260. The van der Waals surface area contributed by atoms with Crippen LogP contribution in [0.4, 0.5) is 10.5 Å². The average molecular weight is 398 g/mol. The smallest absolute Gasteiger partial charge is 0.352 e. The third-order valence-corrected chi connectivity index (χ3v) is 5.61. The van der Waals surface area contributed by atoms with Crippen LogP contribution in [0, 0.1) is 0 Å². The molecule has 0 unspecified atom stereocenters. The summed E-state index contributed by atoms with van der Waals surface area (Å²) in [5.41, 5.74) is 5.92.